The molecule has 0 bridgehead atoms. The number of nitrogens with one attached hydrogen (secondary N) is 1. The van der Waals surface area contributed by atoms with E-state index in [4.69, 9.17) is 9.47 Å². The van der Waals surface area contributed by atoms with E-state index in [0.29, 0.717) is 12.2 Å². The quantitative estimate of drug-likeness (QED) is 0.496. The Kier molecular flexibility index (Phi) is 8.93. The monoisotopic (exact) mass is 445 g/mol. The summed E-state index contributed by atoms with van der Waals surface area (Å²) in [5.74, 6) is 1.85. The van der Waals surface area contributed by atoms with Crippen molar-refractivity contribution in [2.24, 2.45) is 4.99 Å². The summed E-state index contributed by atoms with van der Waals surface area (Å²) >= 11 is 0. The molecule has 1 unspecified atom stereocenters. The Bertz CT molecular complexity index is 683. The summed E-state index contributed by atoms with van der Waals surface area (Å²) < 4.78 is 11.9. The predicted octanol–water partition coefficient (Wildman–Crippen LogP) is 1.22. The van der Waals surface area contributed by atoms with Crippen LogP contribution in [-0.2, 0) is 9.47 Å². The van der Waals surface area contributed by atoms with Gasteiger partial charge in [-0.2, -0.15) is 0 Å². The molecule has 1 atom stereocenters. The number of aromatic nitrogens is 2. The molecule has 9 nitrogen and oxygen atoms in total. The van der Waals surface area contributed by atoms with Crippen LogP contribution in [0.2, 0.25) is 0 Å². The third-order valence-corrected chi connectivity index (χ3v) is 6.66. The van der Waals surface area contributed by atoms with Crippen molar-refractivity contribution in [2.45, 2.75) is 44.3 Å². The van der Waals surface area contributed by atoms with Crippen molar-refractivity contribution >= 4 is 11.9 Å². The average Bonchev–Trinajstić information content (AvgIpc) is 2.87. The smallest absolute Gasteiger partial charge is 0.225 e. The van der Waals surface area contributed by atoms with Crippen LogP contribution in [0, 0.1) is 0 Å². The van der Waals surface area contributed by atoms with E-state index in [1.54, 1.807) is 0 Å². The number of ether oxygens (including phenoxy) is 2. The van der Waals surface area contributed by atoms with Crippen LogP contribution < -0.4 is 10.2 Å². The number of piperidine rings is 1. The number of anilines is 1. The topological polar surface area (TPSA) is 78.4 Å². The summed E-state index contributed by atoms with van der Waals surface area (Å²) in [6.07, 6.45) is 9.98. The molecule has 9 heteroatoms. The molecular weight excluding hydrogens is 406 g/mol. The van der Waals surface area contributed by atoms with Gasteiger partial charge in [-0.1, -0.05) is 0 Å². The van der Waals surface area contributed by atoms with Crippen molar-refractivity contribution in [3.63, 3.8) is 0 Å². The van der Waals surface area contributed by atoms with Gasteiger partial charge >= 0.3 is 0 Å². The maximum absolute atomic E-state index is 6.15. The van der Waals surface area contributed by atoms with Crippen molar-refractivity contribution < 1.29 is 9.47 Å². The highest BCUT2D eigenvalue weighted by Crippen LogP contribution is 2.18. The molecule has 0 spiro atoms. The Morgan fingerprint density at radius 1 is 1.09 bits per heavy atom. The first-order valence-corrected chi connectivity index (χ1v) is 12.2. The van der Waals surface area contributed by atoms with Crippen LogP contribution in [0.4, 0.5) is 5.95 Å². The number of guanidine groups is 1. The minimum Gasteiger partial charge on any atom is -0.376 e. The Morgan fingerprint density at radius 2 is 1.88 bits per heavy atom. The number of likely N-dealkylation sites (tertiary alicyclic amines) is 1. The van der Waals surface area contributed by atoms with Gasteiger partial charge in [0.2, 0.25) is 5.95 Å². The van der Waals surface area contributed by atoms with E-state index in [9.17, 15) is 0 Å². The zero-order chi connectivity index (χ0) is 22.0. The first-order valence-electron chi connectivity index (χ1n) is 12.2. The number of rotatable bonds is 7. The maximum Gasteiger partial charge on any atom is 0.225 e. The zero-order valence-electron chi connectivity index (χ0n) is 19.5. The largest absolute Gasteiger partial charge is 0.376 e. The molecule has 4 heterocycles. The third-order valence-electron chi connectivity index (χ3n) is 6.66. The Hall–Kier alpha value is -1.97. The molecule has 32 heavy (non-hydrogen) atoms. The van der Waals surface area contributed by atoms with Crippen molar-refractivity contribution in [1.82, 2.24) is 25.1 Å². The van der Waals surface area contributed by atoms with Gasteiger partial charge in [-0.15, -0.1) is 0 Å². The highest BCUT2D eigenvalue weighted by Gasteiger charge is 2.24. The standard InChI is InChI=1S/C23H39N7O2/c1-24-22(29-11-6-20(7-12-29)32-19-21-5-2-3-18-31-21)27-10-13-28-14-16-30(17-15-28)23-25-8-4-9-26-23/h4,8-9,20-21H,2-3,5-7,10-19H2,1H3,(H,24,27). The van der Waals surface area contributed by atoms with Gasteiger partial charge < -0.3 is 24.6 Å². The van der Waals surface area contributed by atoms with E-state index in [1.165, 1.54) is 12.8 Å². The molecule has 0 aliphatic carbocycles. The minimum atomic E-state index is 0.304. The number of aliphatic imine (C=N–C) groups is 1. The SMILES string of the molecule is CN=C(NCCN1CCN(c2ncccn2)CC1)N1CCC(OCC2CCCCO2)CC1. The van der Waals surface area contributed by atoms with Gasteiger partial charge in [-0.3, -0.25) is 9.89 Å². The molecule has 3 fully saturated rings. The van der Waals surface area contributed by atoms with Gasteiger partial charge in [0.25, 0.3) is 0 Å². The summed E-state index contributed by atoms with van der Waals surface area (Å²) in [6, 6.07) is 1.86. The van der Waals surface area contributed by atoms with Gasteiger partial charge in [0.1, 0.15) is 0 Å². The van der Waals surface area contributed by atoms with Crippen LogP contribution in [0.5, 0.6) is 0 Å². The van der Waals surface area contributed by atoms with E-state index in [-0.39, 0.29) is 0 Å². The van der Waals surface area contributed by atoms with Crippen molar-refractivity contribution in [3.05, 3.63) is 18.5 Å². The van der Waals surface area contributed by atoms with Crippen molar-refractivity contribution in [2.75, 3.05) is 77.5 Å². The summed E-state index contributed by atoms with van der Waals surface area (Å²) in [4.78, 5) is 20.4. The van der Waals surface area contributed by atoms with E-state index >= 15 is 0 Å². The van der Waals surface area contributed by atoms with Crippen LogP contribution >= 0.6 is 0 Å². The molecule has 1 N–H and O–H groups in total. The van der Waals surface area contributed by atoms with Gasteiger partial charge in [0.05, 0.1) is 18.8 Å². The van der Waals surface area contributed by atoms with Gasteiger partial charge in [0, 0.05) is 78.4 Å². The maximum atomic E-state index is 6.15. The van der Waals surface area contributed by atoms with Crippen molar-refractivity contribution in [1.29, 1.82) is 0 Å². The molecule has 0 saturated carbocycles. The van der Waals surface area contributed by atoms with Crippen LogP contribution in [0.15, 0.2) is 23.5 Å². The lowest BCUT2D eigenvalue weighted by molar-refractivity contribution is -0.0721. The molecule has 1 aromatic heterocycles. The fraction of sp³-hybridized carbons (Fsp3) is 0.783. The summed E-state index contributed by atoms with van der Waals surface area (Å²) in [7, 11) is 1.88. The van der Waals surface area contributed by atoms with E-state index < -0.39 is 0 Å². The Balaban J connectivity index is 1.10. The summed E-state index contributed by atoms with van der Waals surface area (Å²) in [6.45, 7) is 9.56. The second kappa shape index (κ2) is 12.3. The fourth-order valence-corrected chi connectivity index (χ4v) is 4.70. The van der Waals surface area contributed by atoms with Gasteiger partial charge in [-0.25, -0.2) is 9.97 Å². The lowest BCUT2D eigenvalue weighted by Gasteiger charge is -2.36. The Labute approximate surface area is 192 Å². The number of nitrogens with zero attached hydrogens (tertiary/aromatic N) is 6. The molecular formula is C23H39N7O2. The predicted molar refractivity (Wildman–Crippen MR) is 126 cm³/mol. The second-order valence-electron chi connectivity index (χ2n) is 8.86. The number of hydrogen-bond donors (Lipinski definition) is 1. The van der Waals surface area contributed by atoms with Crippen LogP contribution in [0.25, 0.3) is 0 Å². The van der Waals surface area contributed by atoms with E-state index in [2.05, 4.69) is 35.0 Å². The lowest BCUT2D eigenvalue weighted by atomic mass is 10.1. The summed E-state index contributed by atoms with van der Waals surface area (Å²) in [5, 5.41) is 3.56. The first kappa shape index (κ1) is 23.2. The zero-order valence-corrected chi connectivity index (χ0v) is 19.5. The minimum absolute atomic E-state index is 0.304. The summed E-state index contributed by atoms with van der Waals surface area (Å²) in [5.41, 5.74) is 0. The normalized spacial score (nSPS) is 24.0. The van der Waals surface area contributed by atoms with Crippen LogP contribution in [0.3, 0.4) is 0 Å². The van der Waals surface area contributed by atoms with E-state index in [1.807, 2.05) is 25.5 Å². The molecule has 3 saturated heterocycles. The Morgan fingerprint density at radius 3 is 2.56 bits per heavy atom. The number of piperazine rings is 1. The highest BCUT2D eigenvalue weighted by atomic mass is 16.5. The molecule has 1 aromatic rings. The van der Waals surface area contributed by atoms with Crippen molar-refractivity contribution in [3.8, 4) is 0 Å². The fourth-order valence-electron chi connectivity index (χ4n) is 4.70. The van der Waals surface area contributed by atoms with Gasteiger partial charge in [0.15, 0.2) is 5.96 Å². The molecule has 0 radical (unpaired) electrons. The molecule has 4 rings (SSSR count). The van der Waals surface area contributed by atoms with E-state index in [0.717, 1.165) is 96.7 Å². The van der Waals surface area contributed by atoms with Crippen LogP contribution in [0.1, 0.15) is 32.1 Å². The average molecular weight is 446 g/mol. The highest BCUT2D eigenvalue weighted by molar-refractivity contribution is 5.79. The lowest BCUT2D eigenvalue weighted by Crippen LogP contribution is -2.51. The number of hydrogen-bond acceptors (Lipinski definition) is 7. The molecule has 178 valence electrons. The third kappa shape index (κ3) is 6.76. The molecule has 0 amide bonds. The molecule has 3 aliphatic rings. The van der Waals surface area contributed by atoms with Gasteiger partial charge in [-0.05, 0) is 38.2 Å². The second-order valence-corrected chi connectivity index (χ2v) is 8.86. The first-order chi connectivity index (χ1) is 15.8. The molecule has 3 aliphatic heterocycles. The molecule has 0 aromatic carbocycles. The van der Waals surface area contributed by atoms with Crippen LogP contribution in [-0.4, -0.2) is 111 Å².